The van der Waals surface area contributed by atoms with Crippen LogP contribution in [0.15, 0.2) is 52.2 Å². The number of rotatable bonds is 1. The molecule has 0 amide bonds. The molecule has 0 saturated heterocycles. The molecular weight excluding hydrogens is 302 g/mol. The Balaban J connectivity index is 2.02. The first-order valence-electron chi connectivity index (χ1n) is 6.68. The summed E-state index contributed by atoms with van der Waals surface area (Å²) in [7, 11) is -4.48. The molecule has 0 fully saturated rings. The Morgan fingerprint density at radius 1 is 1.05 bits per heavy atom. The third-order valence-corrected chi connectivity index (χ3v) is 4.87. The van der Waals surface area contributed by atoms with Gasteiger partial charge >= 0.3 is 0 Å². The molecule has 0 saturated carbocycles. The Morgan fingerprint density at radius 3 is 2.50 bits per heavy atom. The summed E-state index contributed by atoms with van der Waals surface area (Å²) in [5.41, 5.74) is 2.98. The standard InChI is InChI=1S/C16H11NO4S/c18-16-13-4-2-1-3-12(13)14-8-9-7-10(22(19,20)21)5-6-11(9)15(14)17-16/h1-7H,8H2,(H,17,18)(H,19,20,21)/p-1. The highest BCUT2D eigenvalue weighted by molar-refractivity contribution is 7.85. The van der Waals surface area contributed by atoms with Crippen molar-refractivity contribution in [2.45, 2.75) is 11.3 Å². The van der Waals surface area contributed by atoms with Crippen LogP contribution in [0.2, 0.25) is 0 Å². The van der Waals surface area contributed by atoms with Gasteiger partial charge in [-0.25, -0.2) is 8.42 Å². The summed E-state index contributed by atoms with van der Waals surface area (Å²) in [6, 6.07) is 11.5. The zero-order chi connectivity index (χ0) is 15.5. The van der Waals surface area contributed by atoms with Gasteiger partial charge in [-0.3, -0.25) is 4.79 Å². The van der Waals surface area contributed by atoms with E-state index in [-0.39, 0.29) is 10.5 Å². The van der Waals surface area contributed by atoms with Crippen LogP contribution >= 0.6 is 0 Å². The lowest BCUT2D eigenvalue weighted by Gasteiger charge is -2.08. The molecule has 110 valence electrons. The number of H-pyrrole nitrogens is 1. The van der Waals surface area contributed by atoms with Gasteiger partial charge in [-0.05, 0) is 34.7 Å². The monoisotopic (exact) mass is 312 g/mol. The van der Waals surface area contributed by atoms with Gasteiger partial charge in [0.25, 0.3) is 5.56 Å². The molecule has 6 heteroatoms. The first-order valence-corrected chi connectivity index (χ1v) is 8.09. The van der Waals surface area contributed by atoms with E-state index >= 15 is 0 Å². The molecular formula is C16H10NO4S-. The number of hydrogen-bond acceptors (Lipinski definition) is 4. The fraction of sp³-hybridized carbons (Fsp3) is 0.0625. The van der Waals surface area contributed by atoms with Crippen LogP contribution in [0.1, 0.15) is 11.1 Å². The fourth-order valence-electron chi connectivity index (χ4n) is 3.05. The van der Waals surface area contributed by atoms with Crippen LogP contribution in [0.25, 0.3) is 22.0 Å². The van der Waals surface area contributed by atoms with Crippen LogP contribution in [0.4, 0.5) is 0 Å². The second-order valence-electron chi connectivity index (χ2n) is 5.30. The highest BCUT2D eigenvalue weighted by Gasteiger charge is 2.23. The van der Waals surface area contributed by atoms with Crippen molar-refractivity contribution in [1.82, 2.24) is 4.98 Å². The van der Waals surface area contributed by atoms with Crippen molar-refractivity contribution in [3.63, 3.8) is 0 Å². The van der Waals surface area contributed by atoms with Gasteiger partial charge < -0.3 is 9.54 Å². The summed E-state index contributed by atoms with van der Waals surface area (Å²) in [6.45, 7) is 0. The van der Waals surface area contributed by atoms with Crippen molar-refractivity contribution >= 4 is 20.9 Å². The summed E-state index contributed by atoms with van der Waals surface area (Å²) in [5.74, 6) is 0. The largest absolute Gasteiger partial charge is 0.744 e. The number of hydrogen-bond donors (Lipinski definition) is 1. The van der Waals surface area contributed by atoms with E-state index in [0.717, 1.165) is 22.1 Å². The van der Waals surface area contributed by atoms with Gasteiger partial charge in [-0.1, -0.05) is 24.3 Å². The maximum atomic E-state index is 12.2. The summed E-state index contributed by atoms with van der Waals surface area (Å²) >= 11 is 0. The van der Waals surface area contributed by atoms with Gasteiger partial charge in [0.05, 0.1) is 10.6 Å². The molecule has 0 aliphatic heterocycles. The highest BCUT2D eigenvalue weighted by Crippen LogP contribution is 2.38. The number of benzene rings is 2. The SMILES string of the molecule is O=c1[nH]c2c(c3ccccc13)Cc1cc(S(=O)(=O)[O-])ccc1-2. The average Bonchev–Trinajstić information content (AvgIpc) is 2.85. The van der Waals surface area contributed by atoms with Crippen LogP contribution in [0, 0.1) is 0 Å². The van der Waals surface area contributed by atoms with Crippen molar-refractivity contribution in [3.05, 3.63) is 63.9 Å². The van der Waals surface area contributed by atoms with E-state index in [4.69, 9.17) is 0 Å². The topological polar surface area (TPSA) is 90.1 Å². The number of aromatic amines is 1. The van der Waals surface area contributed by atoms with E-state index in [1.807, 2.05) is 12.1 Å². The van der Waals surface area contributed by atoms with Gasteiger partial charge in [0.15, 0.2) is 0 Å². The number of nitrogens with one attached hydrogen (secondary N) is 1. The van der Waals surface area contributed by atoms with Crippen LogP contribution in [0.5, 0.6) is 0 Å². The molecule has 1 aliphatic carbocycles. The van der Waals surface area contributed by atoms with Crippen molar-refractivity contribution in [3.8, 4) is 11.3 Å². The molecule has 0 unspecified atom stereocenters. The van der Waals surface area contributed by atoms with Crippen molar-refractivity contribution in [1.29, 1.82) is 0 Å². The first-order chi connectivity index (χ1) is 10.4. The predicted molar refractivity (Wildman–Crippen MR) is 80.8 cm³/mol. The second kappa shape index (κ2) is 4.28. The first kappa shape index (κ1) is 13.2. The lowest BCUT2D eigenvalue weighted by molar-refractivity contribution is 0.463. The van der Waals surface area contributed by atoms with Crippen molar-refractivity contribution < 1.29 is 13.0 Å². The average molecular weight is 312 g/mol. The summed E-state index contributed by atoms with van der Waals surface area (Å²) in [5, 5.41) is 1.45. The third-order valence-electron chi connectivity index (χ3n) is 4.04. The molecule has 0 radical (unpaired) electrons. The zero-order valence-corrected chi connectivity index (χ0v) is 12.1. The fourth-order valence-corrected chi connectivity index (χ4v) is 3.58. The Morgan fingerprint density at radius 2 is 1.77 bits per heavy atom. The third kappa shape index (κ3) is 1.81. The molecule has 0 atom stereocenters. The van der Waals surface area contributed by atoms with Gasteiger partial charge in [-0.15, -0.1) is 0 Å². The molecule has 4 rings (SSSR count). The lowest BCUT2D eigenvalue weighted by atomic mass is 10.0. The molecule has 5 nitrogen and oxygen atoms in total. The van der Waals surface area contributed by atoms with E-state index in [9.17, 15) is 17.8 Å². The summed E-state index contributed by atoms with van der Waals surface area (Å²) < 4.78 is 33.5. The molecule has 1 N–H and O–H groups in total. The minimum atomic E-state index is -4.48. The maximum absolute atomic E-state index is 12.2. The minimum absolute atomic E-state index is 0.178. The molecule has 1 heterocycles. The number of aromatic nitrogens is 1. The van der Waals surface area contributed by atoms with Gasteiger partial charge in [-0.2, -0.15) is 0 Å². The van der Waals surface area contributed by atoms with E-state index in [1.165, 1.54) is 12.1 Å². The molecule has 0 spiro atoms. The highest BCUT2D eigenvalue weighted by atomic mass is 32.2. The summed E-state index contributed by atoms with van der Waals surface area (Å²) in [4.78, 5) is 14.8. The molecule has 1 aliphatic rings. The number of pyridine rings is 1. The van der Waals surface area contributed by atoms with Crippen LogP contribution in [0.3, 0.4) is 0 Å². The zero-order valence-electron chi connectivity index (χ0n) is 11.3. The second-order valence-corrected chi connectivity index (χ2v) is 6.68. The van der Waals surface area contributed by atoms with Crippen LogP contribution in [-0.4, -0.2) is 18.0 Å². The Labute approximate surface area is 126 Å². The molecule has 2 aromatic carbocycles. The Kier molecular flexibility index (Phi) is 2.58. The van der Waals surface area contributed by atoms with Gasteiger partial charge in [0.2, 0.25) is 0 Å². The molecule has 3 aromatic rings. The van der Waals surface area contributed by atoms with E-state index < -0.39 is 10.1 Å². The number of fused-ring (bicyclic) bond motifs is 5. The predicted octanol–water partition coefficient (Wildman–Crippen LogP) is 2.00. The Bertz CT molecular complexity index is 1100. The van der Waals surface area contributed by atoms with Crippen LogP contribution < -0.4 is 5.56 Å². The van der Waals surface area contributed by atoms with E-state index in [2.05, 4.69) is 4.98 Å². The maximum Gasteiger partial charge on any atom is 0.256 e. The Hall–Kier alpha value is -2.44. The van der Waals surface area contributed by atoms with Gasteiger partial charge in [0.1, 0.15) is 10.1 Å². The normalized spacial score (nSPS) is 13.1. The van der Waals surface area contributed by atoms with E-state index in [0.29, 0.717) is 17.5 Å². The quantitative estimate of drug-likeness (QED) is 0.544. The smallest absolute Gasteiger partial charge is 0.256 e. The molecule has 0 bridgehead atoms. The van der Waals surface area contributed by atoms with Gasteiger partial charge in [0, 0.05) is 17.4 Å². The van der Waals surface area contributed by atoms with Crippen molar-refractivity contribution in [2.75, 3.05) is 0 Å². The molecule has 1 aromatic heterocycles. The minimum Gasteiger partial charge on any atom is -0.744 e. The van der Waals surface area contributed by atoms with E-state index in [1.54, 1.807) is 18.2 Å². The lowest BCUT2D eigenvalue weighted by Crippen LogP contribution is -2.08. The summed E-state index contributed by atoms with van der Waals surface area (Å²) in [6.07, 6.45) is 0.491. The molecule has 22 heavy (non-hydrogen) atoms. The van der Waals surface area contributed by atoms with Crippen molar-refractivity contribution in [2.24, 2.45) is 0 Å². The van der Waals surface area contributed by atoms with Crippen LogP contribution in [-0.2, 0) is 16.5 Å².